The summed E-state index contributed by atoms with van der Waals surface area (Å²) in [6.45, 7) is 10.6. The van der Waals surface area contributed by atoms with Gasteiger partial charge in [0.2, 0.25) is 0 Å². The van der Waals surface area contributed by atoms with Crippen molar-refractivity contribution in [2.24, 2.45) is 5.73 Å². The zero-order valence-electron chi connectivity index (χ0n) is 16.6. The average molecular weight is 358 g/mol. The molecule has 0 bridgehead atoms. The van der Waals surface area contributed by atoms with E-state index in [9.17, 15) is 9.59 Å². The number of unbranched alkanes of at least 4 members (excludes halogenated alkanes) is 3. The minimum Gasteiger partial charge on any atom is -0.466 e. The molecule has 1 aliphatic rings. The maximum atomic E-state index is 13.0. The second-order valence-corrected chi connectivity index (χ2v) is 7.17. The van der Waals surface area contributed by atoms with Gasteiger partial charge in [0.1, 0.15) is 11.5 Å². The highest BCUT2D eigenvalue weighted by Crippen LogP contribution is 2.35. The van der Waals surface area contributed by atoms with Crippen LogP contribution in [0.4, 0.5) is 0 Å². The first-order chi connectivity index (χ1) is 12.3. The molecule has 0 unspecified atom stereocenters. The summed E-state index contributed by atoms with van der Waals surface area (Å²) in [5.74, 6) is 1.19. The SMILES string of the molecule is CC(C)=C1C(=O)N(CCCCCCN)C(=O)/C1=C(/C)c1cc(C)oc1C. The van der Waals surface area contributed by atoms with Crippen molar-refractivity contribution >= 4 is 17.4 Å². The van der Waals surface area contributed by atoms with Gasteiger partial charge in [0.25, 0.3) is 11.8 Å². The zero-order chi connectivity index (χ0) is 19.4. The van der Waals surface area contributed by atoms with E-state index in [0.29, 0.717) is 24.2 Å². The highest BCUT2D eigenvalue weighted by atomic mass is 16.3. The summed E-state index contributed by atoms with van der Waals surface area (Å²) in [6.07, 6.45) is 3.78. The minimum absolute atomic E-state index is 0.180. The smallest absolute Gasteiger partial charge is 0.261 e. The van der Waals surface area contributed by atoms with Crippen molar-refractivity contribution in [2.75, 3.05) is 13.1 Å². The standard InChI is InChI=1S/C21H30N2O3/c1-13(2)18-19(15(4)17-12-14(3)26-16(17)5)21(25)23(20(18)24)11-9-7-6-8-10-22/h12H,6-11,22H2,1-5H3/b19-15-. The molecular formula is C21H30N2O3. The van der Waals surface area contributed by atoms with Gasteiger partial charge in [-0.2, -0.15) is 0 Å². The molecule has 26 heavy (non-hydrogen) atoms. The van der Waals surface area contributed by atoms with E-state index in [4.69, 9.17) is 10.2 Å². The molecule has 142 valence electrons. The summed E-state index contributed by atoms with van der Waals surface area (Å²) in [4.78, 5) is 27.3. The monoisotopic (exact) mass is 358 g/mol. The van der Waals surface area contributed by atoms with Gasteiger partial charge in [0, 0.05) is 12.1 Å². The topological polar surface area (TPSA) is 76.5 Å². The Balaban J connectivity index is 2.35. The second-order valence-electron chi connectivity index (χ2n) is 7.17. The van der Waals surface area contributed by atoms with Crippen LogP contribution in [-0.2, 0) is 9.59 Å². The van der Waals surface area contributed by atoms with Gasteiger partial charge in [-0.05, 0) is 65.6 Å². The predicted molar refractivity (Wildman–Crippen MR) is 103 cm³/mol. The molecule has 1 aliphatic heterocycles. The number of allylic oxidation sites excluding steroid dienone is 2. The Labute approximate surface area is 155 Å². The fourth-order valence-electron chi connectivity index (χ4n) is 3.50. The second kappa shape index (κ2) is 8.49. The minimum atomic E-state index is -0.194. The van der Waals surface area contributed by atoms with Gasteiger partial charge in [-0.25, -0.2) is 0 Å². The van der Waals surface area contributed by atoms with E-state index in [2.05, 4.69) is 0 Å². The third-order valence-corrected chi connectivity index (χ3v) is 4.82. The Morgan fingerprint density at radius 3 is 2.15 bits per heavy atom. The number of rotatable bonds is 7. The van der Waals surface area contributed by atoms with Gasteiger partial charge in [-0.3, -0.25) is 14.5 Å². The van der Waals surface area contributed by atoms with Crippen molar-refractivity contribution in [3.05, 3.63) is 39.9 Å². The fourth-order valence-corrected chi connectivity index (χ4v) is 3.50. The normalized spacial score (nSPS) is 16.7. The maximum absolute atomic E-state index is 13.0. The van der Waals surface area contributed by atoms with E-state index in [-0.39, 0.29) is 11.8 Å². The van der Waals surface area contributed by atoms with Crippen molar-refractivity contribution in [1.82, 2.24) is 4.90 Å². The molecular weight excluding hydrogens is 328 g/mol. The van der Waals surface area contributed by atoms with E-state index in [1.54, 1.807) is 0 Å². The van der Waals surface area contributed by atoms with Crippen LogP contribution in [0.1, 0.15) is 63.5 Å². The summed E-state index contributed by atoms with van der Waals surface area (Å²) in [5.41, 5.74) is 9.12. The van der Waals surface area contributed by atoms with E-state index in [1.807, 2.05) is 40.7 Å². The first-order valence-corrected chi connectivity index (χ1v) is 9.32. The molecule has 5 heteroatoms. The summed E-state index contributed by atoms with van der Waals surface area (Å²) in [5, 5.41) is 0. The van der Waals surface area contributed by atoms with E-state index >= 15 is 0 Å². The maximum Gasteiger partial charge on any atom is 0.261 e. The van der Waals surface area contributed by atoms with Crippen molar-refractivity contribution < 1.29 is 14.0 Å². The molecule has 2 rings (SSSR count). The lowest BCUT2D eigenvalue weighted by Gasteiger charge is -2.13. The van der Waals surface area contributed by atoms with Crippen LogP contribution in [0.25, 0.3) is 5.57 Å². The van der Waals surface area contributed by atoms with Crippen LogP contribution >= 0.6 is 0 Å². The lowest BCUT2D eigenvalue weighted by atomic mass is 9.95. The molecule has 2 N–H and O–H groups in total. The number of hydrogen-bond acceptors (Lipinski definition) is 4. The summed E-state index contributed by atoms with van der Waals surface area (Å²) in [6, 6.07) is 1.92. The first-order valence-electron chi connectivity index (χ1n) is 9.32. The van der Waals surface area contributed by atoms with E-state index in [0.717, 1.165) is 53.9 Å². The zero-order valence-corrected chi connectivity index (χ0v) is 16.6. The third-order valence-electron chi connectivity index (χ3n) is 4.82. The molecule has 5 nitrogen and oxygen atoms in total. The van der Waals surface area contributed by atoms with Gasteiger partial charge >= 0.3 is 0 Å². The number of furan rings is 1. The predicted octanol–water partition coefficient (Wildman–Crippen LogP) is 3.89. The van der Waals surface area contributed by atoms with Gasteiger partial charge in [-0.1, -0.05) is 18.4 Å². The molecule has 1 saturated heterocycles. The molecule has 0 spiro atoms. The van der Waals surface area contributed by atoms with Crippen LogP contribution in [0.2, 0.25) is 0 Å². The van der Waals surface area contributed by atoms with Crippen molar-refractivity contribution in [2.45, 2.75) is 60.3 Å². The summed E-state index contributed by atoms with van der Waals surface area (Å²) < 4.78 is 5.61. The van der Waals surface area contributed by atoms with Crippen molar-refractivity contribution in [3.63, 3.8) is 0 Å². The van der Waals surface area contributed by atoms with Gasteiger partial charge < -0.3 is 10.2 Å². The molecule has 1 fully saturated rings. The molecule has 1 aromatic rings. The average Bonchev–Trinajstić information content (AvgIpc) is 3.03. The number of likely N-dealkylation sites (tertiary alicyclic amines) is 1. The number of nitrogens with zero attached hydrogens (tertiary/aromatic N) is 1. The number of nitrogens with two attached hydrogens (primary N) is 1. The highest BCUT2D eigenvalue weighted by Gasteiger charge is 2.40. The largest absolute Gasteiger partial charge is 0.466 e. The molecule has 0 radical (unpaired) electrons. The lowest BCUT2D eigenvalue weighted by Crippen LogP contribution is -2.30. The van der Waals surface area contributed by atoms with Crippen LogP contribution in [-0.4, -0.2) is 29.8 Å². The molecule has 0 saturated carbocycles. The molecule has 1 aromatic heterocycles. The number of amides is 2. The third kappa shape index (κ3) is 3.98. The Bertz CT molecular complexity index is 764. The van der Waals surface area contributed by atoms with Gasteiger partial charge in [0.15, 0.2) is 0 Å². The number of aryl methyl sites for hydroxylation is 2. The molecule has 0 atom stereocenters. The number of hydrogen-bond donors (Lipinski definition) is 1. The van der Waals surface area contributed by atoms with Gasteiger partial charge in [0.05, 0.1) is 11.1 Å². The fraction of sp³-hybridized carbons (Fsp3) is 0.524. The number of carbonyl (C=O) groups excluding carboxylic acids is 2. The summed E-state index contributed by atoms with van der Waals surface area (Å²) >= 11 is 0. The van der Waals surface area contributed by atoms with E-state index < -0.39 is 0 Å². The van der Waals surface area contributed by atoms with E-state index in [1.165, 1.54) is 4.90 Å². The van der Waals surface area contributed by atoms with Crippen molar-refractivity contribution in [1.29, 1.82) is 0 Å². The lowest BCUT2D eigenvalue weighted by molar-refractivity contribution is -0.136. The van der Waals surface area contributed by atoms with Crippen LogP contribution in [0.15, 0.2) is 27.2 Å². The highest BCUT2D eigenvalue weighted by molar-refractivity contribution is 6.27. The molecule has 0 aliphatic carbocycles. The summed E-state index contributed by atoms with van der Waals surface area (Å²) in [7, 11) is 0. The Morgan fingerprint density at radius 2 is 1.62 bits per heavy atom. The number of carbonyl (C=O) groups is 2. The first kappa shape index (κ1) is 20.2. The molecule has 2 heterocycles. The van der Waals surface area contributed by atoms with Crippen LogP contribution < -0.4 is 5.73 Å². The molecule has 2 amide bonds. The quantitative estimate of drug-likeness (QED) is 0.456. The Morgan fingerprint density at radius 1 is 1.00 bits per heavy atom. The van der Waals surface area contributed by atoms with Crippen LogP contribution in [0.5, 0.6) is 0 Å². The van der Waals surface area contributed by atoms with Gasteiger partial charge in [-0.15, -0.1) is 0 Å². The Kier molecular flexibility index (Phi) is 6.59. The van der Waals surface area contributed by atoms with Crippen LogP contribution in [0, 0.1) is 13.8 Å². The Hall–Kier alpha value is -2.14. The van der Waals surface area contributed by atoms with Crippen LogP contribution in [0.3, 0.4) is 0 Å². The number of imide groups is 1. The molecule has 0 aromatic carbocycles. The van der Waals surface area contributed by atoms with Crippen molar-refractivity contribution in [3.8, 4) is 0 Å².